The molecule has 1 N–H and O–H groups in total. The van der Waals surface area contributed by atoms with Gasteiger partial charge in [-0.1, -0.05) is 13.8 Å². The van der Waals surface area contributed by atoms with Crippen molar-refractivity contribution in [1.82, 2.24) is 5.32 Å². The normalized spacial score (nSPS) is 10.9. The van der Waals surface area contributed by atoms with Gasteiger partial charge in [0.05, 0.1) is 0 Å². The summed E-state index contributed by atoms with van der Waals surface area (Å²) in [4.78, 5) is 0. The molecule has 0 aromatic heterocycles. The molecule has 0 radical (unpaired) electrons. The quantitative estimate of drug-likeness (QED) is 0.570. The molecule has 11 heavy (non-hydrogen) atoms. The van der Waals surface area contributed by atoms with E-state index in [0.717, 1.165) is 32.1 Å². The Bertz CT molecular complexity index is 74.0. The van der Waals surface area contributed by atoms with E-state index in [9.17, 15) is 0 Å². The predicted molar refractivity (Wildman–Crippen MR) is 48.8 cm³/mol. The van der Waals surface area contributed by atoms with Crippen LogP contribution in [0.3, 0.4) is 0 Å². The molecular weight excluding hydrogens is 138 g/mol. The van der Waals surface area contributed by atoms with E-state index in [0.29, 0.717) is 0 Å². The number of nitrogens with one attached hydrogen (secondary N) is 1. The maximum absolute atomic E-state index is 5.41. The largest absolute Gasteiger partial charge is 0.381 e. The number of ether oxygens (including phenoxy) is 1. The van der Waals surface area contributed by atoms with E-state index in [-0.39, 0.29) is 0 Å². The first-order valence-corrected chi connectivity index (χ1v) is 4.49. The molecule has 0 aliphatic heterocycles. The third kappa shape index (κ3) is 9.92. The molecule has 0 saturated heterocycles. The van der Waals surface area contributed by atoms with Crippen LogP contribution in [-0.2, 0) is 4.74 Å². The lowest BCUT2D eigenvalue weighted by atomic mass is 10.1. The monoisotopic (exact) mass is 159 g/mol. The van der Waals surface area contributed by atoms with Crippen LogP contribution in [0, 0.1) is 5.92 Å². The van der Waals surface area contributed by atoms with Gasteiger partial charge in [-0.2, -0.15) is 0 Å². The standard InChI is InChI=1S/C9H21NO/c1-9(2)5-8-11-7-4-6-10-3/h9-10H,4-8H2,1-3H3. The van der Waals surface area contributed by atoms with Crippen LogP contribution in [0.5, 0.6) is 0 Å². The zero-order valence-electron chi connectivity index (χ0n) is 8.02. The molecule has 0 aliphatic rings. The zero-order chi connectivity index (χ0) is 8.53. The van der Waals surface area contributed by atoms with Crippen molar-refractivity contribution in [3.8, 4) is 0 Å². The molecular formula is C9H21NO. The SMILES string of the molecule is CNCCCOCCC(C)C. The summed E-state index contributed by atoms with van der Waals surface area (Å²) in [5.41, 5.74) is 0. The molecule has 2 nitrogen and oxygen atoms in total. The molecule has 0 heterocycles. The first-order valence-electron chi connectivity index (χ1n) is 4.49. The molecule has 0 rings (SSSR count). The zero-order valence-corrected chi connectivity index (χ0v) is 8.02. The smallest absolute Gasteiger partial charge is 0.0478 e. The Balaban J connectivity index is 2.80. The number of hydrogen-bond acceptors (Lipinski definition) is 2. The Morgan fingerprint density at radius 2 is 2.00 bits per heavy atom. The van der Waals surface area contributed by atoms with Crippen LogP contribution in [0.4, 0.5) is 0 Å². The highest BCUT2D eigenvalue weighted by molar-refractivity contribution is 4.44. The second-order valence-corrected chi connectivity index (χ2v) is 3.25. The summed E-state index contributed by atoms with van der Waals surface area (Å²) < 4.78 is 5.41. The maximum Gasteiger partial charge on any atom is 0.0478 e. The van der Waals surface area contributed by atoms with Crippen molar-refractivity contribution in [3.05, 3.63) is 0 Å². The molecule has 68 valence electrons. The fraction of sp³-hybridized carbons (Fsp3) is 1.00. The van der Waals surface area contributed by atoms with E-state index in [4.69, 9.17) is 4.74 Å². The highest BCUT2D eigenvalue weighted by atomic mass is 16.5. The molecule has 0 aliphatic carbocycles. The lowest BCUT2D eigenvalue weighted by Crippen LogP contribution is -2.11. The van der Waals surface area contributed by atoms with Crippen molar-refractivity contribution in [2.75, 3.05) is 26.8 Å². The number of hydrogen-bond donors (Lipinski definition) is 1. The van der Waals surface area contributed by atoms with Gasteiger partial charge < -0.3 is 10.1 Å². The van der Waals surface area contributed by atoms with Gasteiger partial charge in [-0.05, 0) is 32.4 Å². The Labute approximate surface area is 70.3 Å². The fourth-order valence-corrected chi connectivity index (χ4v) is 0.772. The third-order valence-corrected chi connectivity index (χ3v) is 1.55. The molecule has 0 amide bonds. The van der Waals surface area contributed by atoms with Crippen LogP contribution in [0.2, 0.25) is 0 Å². The maximum atomic E-state index is 5.41. The van der Waals surface area contributed by atoms with Crippen molar-refractivity contribution in [2.24, 2.45) is 5.92 Å². The molecule has 0 saturated carbocycles. The van der Waals surface area contributed by atoms with Crippen LogP contribution < -0.4 is 5.32 Å². The van der Waals surface area contributed by atoms with Crippen LogP contribution in [0.25, 0.3) is 0 Å². The number of rotatable bonds is 7. The first kappa shape index (κ1) is 10.9. The van der Waals surface area contributed by atoms with Crippen LogP contribution >= 0.6 is 0 Å². The van der Waals surface area contributed by atoms with Gasteiger partial charge in [0.1, 0.15) is 0 Å². The van der Waals surface area contributed by atoms with Crippen molar-refractivity contribution in [2.45, 2.75) is 26.7 Å². The van der Waals surface area contributed by atoms with Crippen LogP contribution in [-0.4, -0.2) is 26.8 Å². The summed E-state index contributed by atoms with van der Waals surface area (Å²) in [6, 6.07) is 0. The molecule has 0 spiro atoms. The molecule has 0 atom stereocenters. The van der Waals surface area contributed by atoms with Gasteiger partial charge in [-0.25, -0.2) is 0 Å². The molecule has 2 heteroatoms. The van der Waals surface area contributed by atoms with Gasteiger partial charge in [0.2, 0.25) is 0 Å². The Kier molecular flexibility index (Phi) is 7.96. The van der Waals surface area contributed by atoms with Crippen LogP contribution in [0.1, 0.15) is 26.7 Å². The van der Waals surface area contributed by atoms with E-state index < -0.39 is 0 Å². The average Bonchev–Trinajstić information content (AvgIpc) is 1.96. The minimum atomic E-state index is 0.763. The van der Waals surface area contributed by atoms with Crippen molar-refractivity contribution < 1.29 is 4.74 Å². The fourth-order valence-electron chi connectivity index (χ4n) is 0.772. The Morgan fingerprint density at radius 3 is 2.55 bits per heavy atom. The van der Waals surface area contributed by atoms with E-state index in [2.05, 4.69) is 19.2 Å². The Hall–Kier alpha value is -0.0800. The molecule has 0 unspecified atom stereocenters. The summed E-state index contributed by atoms with van der Waals surface area (Å²) in [5.74, 6) is 0.763. The molecule has 0 aromatic rings. The highest BCUT2D eigenvalue weighted by Gasteiger charge is 1.92. The summed E-state index contributed by atoms with van der Waals surface area (Å²) in [6.45, 7) is 7.31. The minimum absolute atomic E-state index is 0.763. The molecule has 0 bridgehead atoms. The van der Waals surface area contributed by atoms with Gasteiger partial charge in [0, 0.05) is 13.2 Å². The van der Waals surface area contributed by atoms with Crippen molar-refractivity contribution >= 4 is 0 Å². The lowest BCUT2D eigenvalue weighted by Gasteiger charge is -2.05. The van der Waals surface area contributed by atoms with Gasteiger partial charge in [-0.15, -0.1) is 0 Å². The summed E-state index contributed by atoms with van der Waals surface area (Å²) in [5, 5.41) is 3.09. The van der Waals surface area contributed by atoms with Crippen LogP contribution in [0.15, 0.2) is 0 Å². The first-order chi connectivity index (χ1) is 5.27. The van der Waals surface area contributed by atoms with E-state index in [1.807, 2.05) is 7.05 Å². The molecule has 0 fully saturated rings. The van der Waals surface area contributed by atoms with Crippen molar-refractivity contribution in [1.29, 1.82) is 0 Å². The van der Waals surface area contributed by atoms with Gasteiger partial charge >= 0.3 is 0 Å². The second kappa shape index (κ2) is 8.02. The topological polar surface area (TPSA) is 21.3 Å². The van der Waals surface area contributed by atoms with E-state index >= 15 is 0 Å². The summed E-state index contributed by atoms with van der Waals surface area (Å²) in [6.07, 6.45) is 2.30. The highest BCUT2D eigenvalue weighted by Crippen LogP contribution is 1.98. The summed E-state index contributed by atoms with van der Waals surface area (Å²) >= 11 is 0. The van der Waals surface area contributed by atoms with Gasteiger partial charge in [-0.3, -0.25) is 0 Å². The third-order valence-electron chi connectivity index (χ3n) is 1.55. The second-order valence-electron chi connectivity index (χ2n) is 3.25. The lowest BCUT2D eigenvalue weighted by molar-refractivity contribution is 0.121. The minimum Gasteiger partial charge on any atom is -0.381 e. The summed E-state index contributed by atoms with van der Waals surface area (Å²) in [7, 11) is 1.97. The van der Waals surface area contributed by atoms with Gasteiger partial charge in [0.25, 0.3) is 0 Å². The molecule has 0 aromatic carbocycles. The van der Waals surface area contributed by atoms with E-state index in [1.165, 1.54) is 6.42 Å². The average molecular weight is 159 g/mol. The van der Waals surface area contributed by atoms with E-state index in [1.54, 1.807) is 0 Å². The predicted octanol–water partition coefficient (Wildman–Crippen LogP) is 1.66. The van der Waals surface area contributed by atoms with Crippen molar-refractivity contribution in [3.63, 3.8) is 0 Å². The van der Waals surface area contributed by atoms with Gasteiger partial charge in [0.15, 0.2) is 0 Å². The Morgan fingerprint density at radius 1 is 1.27 bits per heavy atom.